The van der Waals surface area contributed by atoms with Crippen LogP contribution in [0, 0.1) is 0 Å². The Morgan fingerprint density at radius 3 is 2.92 bits per heavy atom. The summed E-state index contributed by atoms with van der Waals surface area (Å²) in [5.41, 5.74) is 0. The maximum Gasteiger partial charge on any atom is 0.430 e. The molecule has 0 N–H and O–H groups in total. The van der Waals surface area contributed by atoms with E-state index >= 15 is 0 Å². The standard InChI is InChI=1S/C6H7NO3S2/c8-6(7(11)12)10-4-5-2-1-3-9-5/h1-3,11-12H,4H2. The molecular weight excluding hydrogens is 198 g/mol. The third-order valence-corrected chi connectivity index (χ3v) is 1.41. The molecule has 0 saturated carbocycles. The molecule has 0 unspecified atom stereocenters. The van der Waals surface area contributed by atoms with Gasteiger partial charge in [0.15, 0.2) is 6.61 Å². The molecular formula is C6H7NO3S2. The topological polar surface area (TPSA) is 42.7 Å². The summed E-state index contributed by atoms with van der Waals surface area (Å²) in [5, 5.41) is 0. The van der Waals surface area contributed by atoms with E-state index in [0.717, 1.165) is 3.71 Å². The van der Waals surface area contributed by atoms with Crippen molar-refractivity contribution in [3.63, 3.8) is 0 Å². The van der Waals surface area contributed by atoms with Crippen LogP contribution in [0.25, 0.3) is 0 Å². The highest BCUT2D eigenvalue weighted by Crippen LogP contribution is 2.06. The first-order chi connectivity index (χ1) is 5.70. The molecule has 4 nitrogen and oxygen atoms in total. The van der Waals surface area contributed by atoms with Crippen LogP contribution in [0.1, 0.15) is 5.76 Å². The van der Waals surface area contributed by atoms with Crippen molar-refractivity contribution in [3.8, 4) is 0 Å². The molecule has 0 saturated heterocycles. The highest BCUT2D eigenvalue weighted by Gasteiger charge is 2.07. The first kappa shape index (κ1) is 9.34. The number of carbonyl (C=O) groups excluding carboxylic acids is 1. The fourth-order valence-electron chi connectivity index (χ4n) is 0.585. The summed E-state index contributed by atoms with van der Waals surface area (Å²) in [4.78, 5) is 10.7. The average molecular weight is 205 g/mol. The van der Waals surface area contributed by atoms with Crippen molar-refractivity contribution in [3.05, 3.63) is 24.2 Å². The minimum atomic E-state index is -0.641. The molecule has 1 aromatic heterocycles. The van der Waals surface area contributed by atoms with Gasteiger partial charge in [0.1, 0.15) is 5.76 Å². The Morgan fingerprint density at radius 2 is 2.42 bits per heavy atom. The van der Waals surface area contributed by atoms with Crippen molar-refractivity contribution in [2.24, 2.45) is 0 Å². The van der Waals surface area contributed by atoms with Crippen LogP contribution in [0.3, 0.4) is 0 Å². The van der Waals surface area contributed by atoms with Gasteiger partial charge in [-0.25, -0.2) is 4.79 Å². The van der Waals surface area contributed by atoms with E-state index in [-0.39, 0.29) is 6.61 Å². The number of rotatable bonds is 2. The fraction of sp³-hybridized carbons (Fsp3) is 0.167. The zero-order valence-corrected chi connectivity index (χ0v) is 7.79. The van der Waals surface area contributed by atoms with Gasteiger partial charge in [0, 0.05) is 0 Å². The third kappa shape index (κ3) is 2.71. The summed E-state index contributed by atoms with van der Waals surface area (Å²) in [7, 11) is 0. The van der Waals surface area contributed by atoms with Gasteiger partial charge in [-0.1, -0.05) is 0 Å². The van der Waals surface area contributed by atoms with E-state index in [1.165, 1.54) is 6.26 Å². The third-order valence-electron chi connectivity index (χ3n) is 1.08. The van der Waals surface area contributed by atoms with E-state index in [2.05, 4.69) is 30.4 Å². The quantitative estimate of drug-likeness (QED) is 0.725. The van der Waals surface area contributed by atoms with Crippen molar-refractivity contribution in [2.75, 3.05) is 0 Å². The Morgan fingerprint density at radius 1 is 1.67 bits per heavy atom. The molecule has 0 aliphatic heterocycles. The Balaban J connectivity index is 2.32. The Labute approximate surface area is 80.6 Å². The lowest BCUT2D eigenvalue weighted by atomic mass is 10.5. The molecule has 0 spiro atoms. The molecule has 1 aromatic rings. The van der Waals surface area contributed by atoms with Crippen LogP contribution in [-0.2, 0) is 11.3 Å². The van der Waals surface area contributed by atoms with Gasteiger partial charge < -0.3 is 9.15 Å². The highest BCUT2D eigenvalue weighted by molar-refractivity contribution is 7.94. The Hall–Kier alpha value is -0.750. The molecule has 0 atom stereocenters. The molecule has 0 bridgehead atoms. The smallest absolute Gasteiger partial charge is 0.430 e. The van der Waals surface area contributed by atoms with E-state index in [4.69, 9.17) is 4.42 Å². The van der Waals surface area contributed by atoms with Crippen molar-refractivity contribution >= 4 is 31.7 Å². The zero-order chi connectivity index (χ0) is 8.97. The molecule has 0 aromatic carbocycles. The van der Waals surface area contributed by atoms with Gasteiger partial charge >= 0.3 is 6.09 Å². The number of hydrogen-bond acceptors (Lipinski definition) is 5. The molecule has 1 heterocycles. The minimum absolute atomic E-state index is 0.0868. The number of carbonyl (C=O) groups is 1. The molecule has 0 radical (unpaired) electrons. The molecule has 6 heteroatoms. The second-order valence-corrected chi connectivity index (χ2v) is 3.04. The van der Waals surface area contributed by atoms with Gasteiger partial charge in [-0.05, 0) is 37.8 Å². The van der Waals surface area contributed by atoms with E-state index in [1.54, 1.807) is 12.1 Å². The van der Waals surface area contributed by atoms with Crippen LogP contribution < -0.4 is 0 Å². The number of furan rings is 1. The van der Waals surface area contributed by atoms with Crippen LogP contribution in [-0.4, -0.2) is 9.80 Å². The summed E-state index contributed by atoms with van der Waals surface area (Å²) in [6, 6.07) is 3.41. The van der Waals surface area contributed by atoms with Crippen LogP contribution in [0.4, 0.5) is 4.79 Å². The summed E-state index contributed by atoms with van der Waals surface area (Å²) >= 11 is 7.23. The van der Waals surface area contributed by atoms with Crippen LogP contribution in [0.5, 0.6) is 0 Å². The lowest BCUT2D eigenvalue weighted by molar-refractivity contribution is 0.128. The van der Waals surface area contributed by atoms with Gasteiger partial charge in [0.2, 0.25) is 0 Å². The first-order valence-corrected chi connectivity index (χ1v) is 3.87. The average Bonchev–Trinajstić information content (AvgIpc) is 2.51. The molecule has 12 heavy (non-hydrogen) atoms. The van der Waals surface area contributed by atoms with Gasteiger partial charge in [0.25, 0.3) is 0 Å². The monoisotopic (exact) mass is 205 g/mol. The molecule has 1 rings (SSSR count). The fourth-order valence-corrected chi connectivity index (χ4v) is 0.701. The van der Waals surface area contributed by atoms with E-state index in [1.807, 2.05) is 0 Å². The van der Waals surface area contributed by atoms with Crippen molar-refractivity contribution in [2.45, 2.75) is 6.61 Å². The molecule has 1 amide bonds. The molecule has 0 aliphatic carbocycles. The van der Waals surface area contributed by atoms with E-state index in [0.29, 0.717) is 5.76 Å². The van der Waals surface area contributed by atoms with Gasteiger partial charge in [-0.3, -0.25) is 0 Å². The molecule has 66 valence electrons. The summed E-state index contributed by atoms with van der Waals surface area (Å²) in [6.45, 7) is 0.0868. The van der Waals surface area contributed by atoms with Crippen molar-refractivity contribution in [1.82, 2.24) is 3.71 Å². The second kappa shape index (κ2) is 4.32. The molecule has 0 aliphatic rings. The Kier molecular flexibility index (Phi) is 3.36. The second-order valence-electron chi connectivity index (χ2n) is 1.92. The van der Waals surface area contributed by atoms with Crippen LogP contribution in [0.15, 0.2) is 22.8 Å². The first-order valence-electron chi connectivity index (χ1n) is 3.07. The number of thiol groups is 2. The highest BCUT2D eigenvalue weighted by atomic mass is 32.2. The predicted octanol–water partition coefficient (Wildman–Crippen LogP) is 1.91. The van der Waals surface area contributed by atoms with Gasteiger partial charge in [-0.2, -0.15) is 3.71 Å². The molecule has 0 fully saturated rings. The lowest BCUT2D eigenvalue weighted by Crippen LogP contribution is -2.12. The predicted molar refractivity (Wildman–Crippen MR) is 48.7 cm³/mol. The maximum absolute atomic E-state index is 10.7. The van der Waals surface area contributed by atoms with Gasteiger partial charge in [-0.15, -0.1) is 0 Å². The number of hydrogen-bond donors (Lipinski definition) is 2. The SMILES string of the molecule is O=C(OCc1ccco1)N(S)S. The maximum atomic E-state index is 10.7. The van der Waals surface area contributed by atoms with E-state index in [9.17, 15) is 4.79 Å². The number of amides is 1. The lowest BCUT2D eigenvalue weighted by Gasteiger charge is -2.06. The van der Waals surface area contributed by atoms with Crippen molar-refractivity contribution < 1.29 is 13.9 Å². The summed E-state index contributed by atoms with van der Waals surface area (Å²) in [6.07, 6.45) is 0.862. The van der Waals surface area contributed by atoms with Crippen LogP contribution >= 0.6 is 25.6 Å². The number of ether oxygens (including phenoxy) is 1. The van der Waals surface area contributed by atoms with Crippen LogP contribution in [0.2, 0.25) is 0 Å². The normalized spacial score (nSPS) is 9.50. The summed E-state index contributed by atoms with van der Waals surface area (Å²) < 4.78 is 10.4. The van der Waals surface area contributed by atoms with Crippen molar-refractivity contribution in [1.29, 1.82) is 0 Å². The zero-order valence-electron chi connectivity index (χ0n) is 6.01. The van der Waals surface area contributed by atoms with E-state index < -0.39 is 6.09 Å². The Bertz CT molecular complexity index is 247. The summed E-state index contributed by atoms with van der Waals surface area (Å²) in [5.74, 6) is 0.576. The largest absolute Gasteiger partial charge is 0.466 e. The number of nitrogens with zero attached hydrogens (tertiary/aromatic N) is 1. The van der Waals surface area contributed by atoms with Gasteiger partial charge in [0.05, 0.1) is 6.26 Å². The minimum Gasteiger partial charge on any atom is -0.466 e.